The molecular weight excluding hydrogens is 272 g/mol. The van der Waals surface area contributed by atoms with Crippen LogP contribution in [0.4, 0.5) is 0 Å². The molecule has 2 aliphatic carbocycles. The second kappa shape index (κ2) is 7.05. The first-order valence-electron chi connectivity index (χ1n) is 9.27. The fourth-order valence-corrected chi connectivity index (χ4v) is 5.62. The molecule has 0 aromatic rings. The summed E-state index contributed by atoms with van der Waals surface area (Å²) in [4.78, 5) is 0. The molecular formula is C20H36O2. The van der Waals surface area contributed by atoms with E-state index in [1.807, 2.05) is 0 Å². The van der Waals surface area contributed by atoms with Gasteiger partial charge < -0.3 is 10.2 Å². The van der Waals surface area contributed by atoms with Crippen molar-refractivity contribution in [1.29, 1.82) is 0 Å². The number of aliphatic hydroxyl groups is 2. The maximum atomic E-state index is 9.99. The maximum absolute atomic E-state index is 9.99. The molecule has 0 aliphatic heterocycles. The Labute approximate surface area is 137 Å². The molecule has 2 saturated carbocycles. The first-order valence-corrected chi connectivity index (χ1v) is 9.27. The van der Waals surface area contributed by atoms with E-state index in [0.717, 1.165) is 12.8 Å². The predicted molar refractivity (Wildman–Crippen MR) is 92.6 cm³/mol. The second-order valence-electron chi connectivity index (χ2n) is 8.67. The van der Waals surface area contributed by atoms with Crippen molar-refractivity contribution in [2.45, 2.75) is 72.1 Å². The van der Waals surface area contributed by atoms with Crippen LogP contribution in [-0.4, -0.2) is 23.4 Å². The van der Waals surface area contributed by atoms with Crippen molar-refractivity contribution >= 4 is 0 Å². The molecule has 2 nitrogen and oxygen atoms in total. The summed E-state index contributed by atoms with van der Waals surface area (Å²) in [5.74, 6) is 1.82. The van der Waals surface area contributed by atoms with Gasteiger partial charge in [0.05, 0.1) is 0 Å². The van der Waals surface area contributed by atoms with Crippen LogP contribution < -0.4 is 0 Å². The maximum Gasteiger partial charge on any atom is 0.0487 e. The zero-order valence-corrected chi connectivity index (χ0v) is 14.9. The number of hydrogen-bond donors (Lipinski definition) is 2. The van der Waals surface area contributed by atoms with Crippen LogP contribution in [0, 0.1) is 28.6 Å². The summed E-state index contributed by atoms with van der Waals surface area (Å²) in [6.07, 6.45) is 9.32. The molecule has 0 spiro atoms. The molecule has 2 heteroatoms. The minimum Gasteiger partial charge on any atom is -0.396 e. The Kier molecular flexibility index (Phi) is 5.77. The van der Waals surface area contributed by atoms with Gasteiger partial charge in [-0.05, 0) is 67.1 Å². The van der Waals surface area contributed by atoms with Gasteiger partial charge in [-0.25, -0.2) is 0 Å². The van der Waals surface area contributed by atoms with E-state index in [0.29, 0.717) is 36.4 Å². The minimum atomic E-state index is 0.0999. The molecule has 0 bridgehead atoms. The SMILES string of the molecule is C=C1CC[C@H]2[C@@](C)(CO)CCC[C@]2(C)[C@H]1CC[C@H](C)CCO. The average molecular weight is 309 g/mol. The van der Waals surface area contributed by atoms with E-state index in [9.17, 15) is 5.11 Å². The van der Waals surface area contributed by atoms with Crippen molar-refractivity contribution in [3.8, 4) is 0 Å². The lowest BCUT2D eigenvalue weighted by Gasteiger charge is -2.58. The summed E-state index contributed by atoms with van der Waals surface area (Å²) in [6, 6.07) is 0. The summed E-state index contributed by atoms with van der Waals surface area (Å²) >= 11 is 0. The molecule has 2 N–H and O–H groups in total. The molecule has 0 unspecified atom stereocenters. The highest BCUT2D eigenvalue weighted by Gasteiger charge is 2.53. The van der Waals surface area contributed by atoms with Crippen LogP contribution in [0.15, 0.2) is 12.2 Å². The van der Waals surface area contributed by atoms with E-state index in [-0.39, 0.29) is 5.41 Å². The molecule has 0 aromatic heterocycles. The predicted octanol–water partition coefficient (Wildman–Crippen LogP) is 4.56. The Morgan fingerprint density at radius 1 is 1.23 bits per heavy atom. The highest BCUT2D eigenvalue weighted by Crippen LogP contribution is 2.61. The number of aliphatic hydroxyl groups excluding tert-OH is 2. The Morgan fingerprint density at radius 2 is 1.95 bits per heavy atom. The summed E-state index contributed by atoms with van der Waals surface area (Å²) in [5.41, 5.74) is 1.85. The lowest BCUT2D eigenvalue weighted by molar-refractivity contribution is -0.0868. The molecule has 0 aromatic carbocycles. The van der Waals surface area contributed by atoms with Gasteiger partial charge in [0.1, 0.15) is 0 Å². The van der Waals surface area contributed by atoms with E-state index >= 15 is 0 Å². The van der Waals surface area contributed by atoms with E-state index in [1.54, 1.807) is 0 Å². The third-order valence-electron chi connectivity index (χ3n) is 7.07. The van der Waals surface area contributed by atoms with Crippen molar-refractivity contribution in [3.63, 3.8) is 0 Å². The monoisotopic (exact) mass is 308 g/mol. The molecule has 128 valence electrons. The fourth-order valence-electron chi connectivity index (χ4n) is 5.62. The average Bonchev–Trinajstić information content (AvgIpc) is 2.46. The highest BCUT2D eigenvalue weighted by atomic mass is 16.3. The van der Waals surface area contributed by atoms with Gasteiger partial charge in [-0.3, -0.25) is 0 Å². The van der Waals surface area contributed by atoms with Crippen LogP contribution in [0.3, 0.4) is 0 Å². The van der Waals surface area contributed by atoms with Crippen molar-refractivity contribution in [3.05, 3.63) is 12.2 Å². The van der Waals surface area contributed by atoms with Crippen LogP contribution in [-0.2, 0) is 0 Å². The normalized spacial score (nSPS) is 40.3. The molecule has 5 atom stereocenters. The molecule has 22 heavy (non-hydrogen) atoms. The van der Waals surface area contributed by atoms with Crippen molar-refractivity contribution in [2.75, 3.05) is 13.2 Å². The Hall–Kier alpha value is -0.340. The van der Waals surface area contributed by atoms with Gasteiger partial charge in [-0.15, -0.1) is 0 Å². The zero-order chi connectivity index (χ0) is 16.4. The number of fused-ring (bicyclic) bond motifs is 1. The van der Waals surface area contributed by atoms with E-state index in [2.05, 4.69) is 27.4 Å². The molecule has 2 rings (SSSR count). The lowest BCUT2D eigenvalue weighted by atomic mass is 9.46. The third-order valence-corrected chi connectivity index (χ3v) is 7.07. The third kappa shape index (κ3) is 3.28. The first kappa shape index (κ1) is 18.0. The summed E-state index contributed by atoms with van der Waals surface area (Å²) in [7, 11) is 0. The standard InChI is InChI=1S/C20H36O2/c1-15(10-13-21)6-8-17-16(2)7-9-18-19(3,14-22)11-5-12-20(17,18)4/h15,17-18,21-22H,2,5-14H2,1,3-4H3/t15-,17-,18-,19+,20+/m0/s1. The van der Waals surface area contributed by atoms with Crippen molar-refractivity contribution in [1.82, 2.24) is 0 Å². The number of rotatable bonds is 6. The van der Waals surface area contributed by atoms with Gasteiger partial charge in [0, 0.05) is 13.2 Å². The number of hydrogen-bond acceptors (Lipinski definition) is 2. The highest BCUT2D eigenvalue weighted by molar-refractivity contribution is 5.16. The summed E-state index contributed by atoms with van der Waals surface area (Å²) < 4.78 is 0. The fraction of sp³-hybridized carbons (Fsp3) is 0.900. The Morgan fingerprint density at radius 3 is 2.59 bits per heavy atom. The topological polar surface area (TPSA) is 40.5 Å². The lowest BCUT2D eigenvalue weighted by Crippen LogP contribution is -2.51. The second-order valence-corrected chi connectivity index (χ2v) is 8.67. The Balaban J connectivity index is 2.15. The molecule has 2 fully saturated rings. The molecule has 2 aliphatic rings. The van der Waals surface area contributed by atoms with Crippen LogP contribution in [0.25, 0.3) is 0 Å². The smallest absolute Gasteiger partial charge is 0.0487 e. The zero-order valence-electron chi connectivity index (χ0n) is 14.9. The van der Waals surface area contributed by atoms with Gasteiger partial charge in [-0.2, -0.15) is 0 Å². The van der Waals surface area contributed by atoms with Gasteiger partial charge in [0.2, 0.25) is 0 Å². The van der Waals surface area contributed by atoms with Gasteiger partial charge >= 0.3 is 0 Å². The van der Waals surface area contributed by atoms with Crippen LogP contribution >= 0.6 is 0 Å². The molecule has 0 heterocycles. The Bertz CT molecular complexity index is 391. The minimum absolute atomic E-state index is 0.0999. The largest absolute Gasteiger partial charge is 0.396 e. The van der Waals surface area contributed by atoms with Crippen LogP contribution in [0.1, 0.15) is 72.1 Å². The quantitative estimate of drug-likeness (QED) is 0.706. The van der Waals surface area contributed by atoms with E-state index in [1.165, 1.54) is 44.1 Å². The van der Waals surface area contributed by atoms with Crippen molar-refractivity contribution in [2.24, 2.45) is 28.6 Å². The summed E-state index contributed by atoms with van der Waals surface area (Å²) in [6.45, 7) is 12.1. The van der Waals surface area contributed by atoms with Crippen molar-refractivity contribution < 1.29 is 10.2 Å². The van der Waals surface area contributed by atoms with Gasteiger partial charge in [0.25, 0.3) is 0 Å². The number of allylic oxidation sites excluding steroid dienone is 1. The summed E-state index contributed by atoms with van der Waals surface area (Å²) in [5, 5.41) is 19.1. The molecule has 0 amide bonds. The van der Waals surface area contributed by atoms with Crippen LogP contribution in [0.5, 0.6) is 0 Å². The van der Waals surface area contributed by atoms with Gasteiger partial charge in [0.15, 0.2) is 0 Å². The first-order chi connectivity index (χ1) is 10.4. The molecule has 0 saturated heterocycles. The van der Waals surface area contributed by atoms with E-state index in [4.69, 9.17) is 5.11 Å². The van der Waals surface area contributed by atoms with Crippen LogP contribution in [0.2, 0.25) is 0 Å². The molecule has 0 radical (unpaired) electrons. The van der Waals surface area contributed by atoms with Gasteiger partial charge in [-0.1, -0.05) is 45.8 Å². The van der Waals surface area contributed by atoms with E-state index < -0.39 is 0 Å².